The van der Waals surface area contributed by atoms with Gasteiger partial charge in [0, 0.05) is 19.6 Å². The molecule has 1 fully saturated rings. The Kier molecular flexibility index (Phi) is 2.56. The second kappa shape index (κ2) is 3.85. The second-order valence-electron chi connectivity index (χ2n) is 3.47. The van der Waals surface area contributed by atoms with Crippen molar-refractivity contribution >= 4 is 0 Å². The Labute approximate surface area is 76.8 Å². The molecule has 2 heterocycles. The number of hydrogen-bond acceptors (Lipinski definition) is 4. The Morgan fingerprint density at radius 3 is 2.92 bits per heavy atom. The maximum absolute atomic E-state index is 9.29. The zero-order valence-corrected chi connectivity index (χ0v) is 7.48. The van der Waals surface area contributed by atoms with Gasteiger partial charge in [0.05, 0.1) is 18.0 Å². The minimum atomic E-state index is -0.103. The van der Waals surface area contributed by atoms with Crippen LogP contribution >= 0.6 is 0 Å². The van der Waals surface area contributed by atoms with Gasteiger partial charge in [0.25, 0.3) is 0 Å². The summed E-state index contributed by atoms with van der Waals surface area (Å²) < 4.78 is 0. The molecule has 13 heavy (non-hydrogen) atoms. The Morgan fingerprint density at radius 2 is 2.31 bits per heavy atom. The van der Waals surface area contributed by atoms with Gasteiger partial charge in [-0.2, -0.15) is 15.4 Å². The van der Waals surface area contributed by atoms with Crippen LogP contribution in [0.5, 0.6) is 0 Å². The molecule has 0 aromatic carbocycles. The average Bonchev–Trinajstić information content (AvgIpc) is 2.62. The van der Waals surface area contributed by atoms with Gasteiger partial charge in [0.1, 0.15) is 0 Å². The van der Waals surface area contributed by atoms with Gasteiger partial charge in [-0.3, -0.25) is 4.90 Å². The standard InChI is InChI=1S/C8H14N4O/c13-8-1-3-12(4-2-8)6-7-5-9-11-10-7/h5,8,13H,1-4,6H2,(H,9,10,11). The summed E-state index contributed by atoms with van der Waals surface area (Å²) in [4.78, 5) is 2.28. The molecule has 1 aromatic heterocycles. The van der Waals surface area contributed by atoms with Crippen molar-refractivity contribution in [1.82, 2.24) is 20.3 Å². The van der Waals surface area contributed by atoms with Crippen LogP contribution in [0.1, 0.15) is 18.5 Å². The summed E-state index contributed by atoms with van der Waals surface area (Å²) >= 11 is 0. The minimum absolute atomic E-state index is 0.103. The minimum Gasteiger partial charge on any atom is -0.393 e. The number of hydrogen-bond donors (Lipinski definition) is 2. The van der Waals surface area contributed by atoms with Crippen molar-refractivity contribution in [1.29, 1.82) is 0 Å². The van der Waals surface area contributed by atoms with Crippen molar-refractivity contribution in [3.63, 3.8) is 0 Å². The van der Waals surface area contributed by atoms with E-state index in [2.05, 4.69) is 20.3 Å². The van der Waals surface area contributed by atoms with Crippen LogP contribution in [0.4, 0.5) is 0 Å². The third kappa shape index (κ3) is 2.26. The molecule has 0 saturated carbocycles. The summed E-state index contributed by atoms with van der Waals surface area (Å²) in [5, 5.41) is 19.6. The molecule has 0 bridgehead atoms. The Hall–Kier alpha value is -0.940. The van der Waals surface area contributed by atoms with Crippen LogP contribution < -0.4 is 0 Å². The zero-order valence-electron chi connectivity index (χ0n) is 7.48. The maximum Gasteiger partial charge on any atom is 0.0964 e. The highest BCUT2D eigenvalue weighted by Crippen LogP contribution is 2.11. The molecule has 5 heteroatoms. The van der Waals surface area contributed by atoms with Crippen molar-refractivity contribution in [2.75, 3.05) is 13.1 Å². The molecule has 0 amide bonds. The van der Waals surface area contributed by atoms with Gasteiger partial charge in [-0.15, -0.1) is 0 Å². The molecule has 1 aliphatic heterocycles. The molecular weight excluding hydrogens is 168 g/mol. The molecule has 0 spiro atoms. The highest BCUT2D eigenvalue weighted by atomic mass is 16.3. The van der Waals surface area contributed by atoms with Crippen molar-refractivity contribution in [2.45, 2.75) is 25.5 Å². The number of likely N-dealkylation sites (tertiary alicyclic amines) is 1. The Morgan fingerprint density at radius 1 is 1.54 bits per heavy atom. The first-order valence-corrected chi connectivity index (χ1v) is 4.59. The van der Waals surface area contributed by atoms with E-state index >= 15 is 0 Å². The Bertz CT molecular complexity index is 241. The van der Waals surface area contributed by atoms with Crippen LogP contribution in [0.25, 0.3) is 0 Å². The normalized spacial score (nSPS) is 20.7. The van der Waals surface area contributed by atoms with E-state index in [1.165, 1.54) is 0 Å². The molecule has 0 aliphatic carbocycles. The van der Waals surface area contributed by atoms with Crippen molar-refractivity contribution in [2.24, 2.45) is 0 Å². The number of nitrogens with one attached hydrogen (secondary N) is 1. The first-order chi connectivity index (χ1) is 6.34. The number of H-pyrrole nitrogens is 1. The summed E-state index contributed by atoms with van der Waals surface area (Å²) in [6.45, 7) is 2.74. The molecule has 2 N–H and O–H groups in total. The van der Waals surface area contributed by atoms with E-state index in [9.17, 15) is 5.11 Å². The third-order valence-corrected chi connectivity index (χ3v) is 2.41. The monoisotopic (exact) mass is 182 g/mol. The fourth-order valence-electron chi connectivity index (χ4n) is 1.61. The number of nitrogens with zero attached hydrogens (tertiary/aromatic N) is 3. The predicted molar refractivity (Wildman–Crippen MR) is 46.9 cm³/mol. The first-order valence-electron chi connectivity index (χ1n) is 4.59. The third-order valence-electron chi connectivity index (χ3n) is 2.41. The van der Waals surface area contributed by atoms with E-state index in [4.69, 9.17) is 0 Å². The zero-order chi connectivity index (χ0) is 9.10. The highest BCUT2D eigenvalue weighted by Gasteiger charge is 2.17. The summed E-state index contributed by atoms with van der Waals surface area (Å²) in [6, 6.07) is 0. The molecule has 0 atom stereocenters. The van der Waals surface area contributed by atoms with Crippen LogP contribution in [0.15, 0.2) is 6.20 Å². The quantitative estimate of drug-likeness (QED) is 0.662. The van der Waals surface area contributed by atoms with E-state index in [0.29, 0.717) is 0 Å². The maximum atomic E-state index is 9.29. The van der Waals surface area contributed by atoms with Gasteiger partial charge >= 0.3 is 0 Å². The lowest BCUT2D eigenvalue weighted by molar-refractivity contribution is 0.0786. The SMILES string of the molecule is OC1CCN(Cc2cn[nH]n2)CC1. The first kappa shape index (κ1) is 8.65. The summed E-state index contributed by atoms with van der Waals surface area (Å²) in [7, 11) is 0. The number of aromatic nitrogens is 3. The molecule has 0 radical (unpaired) electrons. The van der Waals surface area contributed by atoms with Gasteiger partial charge in [0.15, 0.2) is 0 Å². The van der Waals surface area contributed by atoms with Crippen LogP contribution in [0.2, 0.25) is 0 Å². The molecule has 1 aromatic rings. The lowest BCUT2D eigenvalue weighted by atomic mass is 10.1. The fraction of sp³-hybridized carbons (Fsp3) is 0.750. The lowest BCUT2D eigenvalue weighted by Crippen LogP contribution is -2.35. The fourth-order valence-corrected chi connectivity index (χ4v) is 1.61. The predicted octanol–water partition coefficient (Wildman–Crippen LogP) is -0.239. The smallest absolute Gasteiger partial charge is 0.0964 e. The molecule has 2 rings (SSSR count). The van der Waals surface area contributed by atoms with Gasteiger partial charge in [-0.1, -0.05) is 0 Å². The van der Waals surface area contributed by atoms with E-state index in [0.717, 1.165) is 38.2 Å². The molecule has 5 nitrogen and oxygen atoms in total. The molecule has 72 valence electrons. The average molecular weight is 182 g/mol. The van der Waals surface area contributed by atoms with Crippen molar-refractivity contribution in [3.05, 3.63) is 11.9 Å². The summed E-state index contributed by atoms with van der Waals surface area (Å²) in [6.07, 6.45) is 3.38. The largest absolute Gasteiger partial charge is 0.393 e. The number of aliphatic hydroxyl groups excluding tert-OH is 1. The Balaban J connectivity index is 1.83. The van der Waals surface area contributed by atoms with Gasteiger partial charge in [0.2, 0.25) is 0 Å². The molecule has 1 aliphatic rings. The number of aliphatic hydroxyl groups is 1. The van der Waals surface area contributed by atoms with E-state index in [1.807, 2.05) is 0 Å². The van der Waals surface area contributed by atoms with Gasteiger partial charge < -0.3 is 5.11 Å². The summed E-state index contributed by atoms with van der Waals surface area (Å²) in [5.74, 6) is 0. The van der Waals surface area contributed by atoms with Crippen LogP contribution in [0, 0.1) is 0 Å². The lowest BCUT2D eigenvalue weighted by Gasteiger charge is -2.28. The van der Waals surface area contributed by atoms with Crippen molar-refractivity contribution < 1.29 is 5.11 Å². The van der Waals surface area contributed by atoms with E-state index in [-0.39, 0.29) is 6.10 Å². The molecular formula is C8H14N4O. The van der Waals surface area contributed by atoms with Crippen LogP contribution in [0.3, 0.4) is 0 Å². The molecule has 0 unspecified atom stereocenters. The van der Waals surface area contributed by atoms with Crippen LogP contribution in [-0.2, 0) is 6.54 Å². The second-order valence-corrected chi connectivity index (χ2v) is 3.47. The topological polar surface area (TPSA) is 65.0 Å². The number of piperidine rings is 1. The van der Waals surface area contributed by atoms with Crippen LogP contribution in [-0.4, -0.2) is 44.6 Å². The number of aromatic amines is 1. The van der Waals surface area contributed by atoms with Gasteiger partial charge in [-0.25, -0.2) is 0 Å². The van der Waals surface area contributed by atoms with Gasteiger partial charge in [-0.05, 0) is 12.8 Å². The van der Waals surface area contributed by atoms with Crippen molar-refractivity contribution in [3.8, 4) is 0 Å². The van der Waals surface area contributed by atoms with E-state index in [1.54, 1.807) is 6.20 Å². The molecule has 1 saturated heterocycles. The summed E-state index contributed by atoms with van der Waals surface area (Å²) in [5.41, 5.74) is 0.969. The highest BCUT2D eigenvalue weighted by molar-refractivity contribution is 4.90. The van der Waals surface area contributed by atoms with E-state index < -0.39 is 0 Å². The number of rotatable bonds is 2.